The van der Waals surface area contributed by atoms with Crippen LogP contribution in [0.3, 0.4) is 0 Å². The molecule has 0 radical (unpaired) electrons. The van der Waals surface area contributed by atoms with Gasteiger partial charge in [0.25, 0.3) is 0 Å². The van der Waals surface area contributed by atoms with Crippen LogP contribution in [0.4, 0.5) is 0 Å². The molecule has 0 saturated carbocycles. The molecular weight excluding hydrogens is 411 g/mol. The van der Waals surface area contributed by atoms with E-state index in [1.807, 2.05) is 25.2 Å². The molecule has 0 saturated heterocycles. The molecule has 5 aromatic rings. The summed E-state index contributed by atoms with van der Waals surface area (Å²) in [5.74, 6) is 0. The second kappa shape index (κ2) is 6.68. The van der Waals surface area contributed by atoms with Gasteiger partial charge in [0.05, 0.1) is 11.2 Å². The summed E-state index contributed by atoms with van der Waals surface area (Å²) in [6, 6.07) is 24.3. The number of thiophene rings is 1. The van der Waals surface area contributed by atoms with Crippen LogP contribution in [0.5, 0.6) is 0 Å². The van der Waals surface area contributed by atoms with Gasteiger partial charge in [-0.2, -0.15) is 0 Å². The summed E-state index contributed by atoms with van der Waals surface area (Å²) in [7, 11) is 0.465. The van der Waals surface area contributed by atoms with Crippen LogP contribution in [-0.4, -0.2) is 23.8 Å². The Morgan fingerprint density at radius 1 is 0.781 bits per heavy atom. The fourth-order valence-electron chi connectivity index (χ4n) is 4.78. The normalized spacial score (nSPS) is 13.3. The molecule has 2 nitrogen and oxygen atoms in total. The van der Waals surface area contributed by atoms with Crippen molar-refractivity contribution in [2.45, 2.75) is 38.9 Å². The van der Waals surface area contributed by atoms with Gasteiger partial charge >= 0.3 is 7.48 Å². The highest BCUT2D eigenvalue weighted by molar-refractivity contribution is 7.26. The van der Waals surface area contributed by atoms with Crippen molar-refractivity contribution < 1.29 is 9.76 Å². The smallest absolute Gasteiger partial charge is 0.310 e. The molecule has 0 aliphatic heterocycles. The SMILES string of the molecule is CC(C)(O)C(C)(C)OBc1cccc2sc3c4c(ccc3c12)-c1cccc2cccc-4c12. The number of aliphatic hydroxyl groups is 1. The molecule has 0 bridgehead atoms. The number of fused-ring (bicyclic) bond motifs is 7. The largest absolute Gasteiger partial charge is 0.427 e. The average Bonchev–Trinajstić information content (AvgIpc) is 3.29. The molecule has 0 fully saturated rings. The van der Waals surface area contributed by atoms with Crippen LogP contribution in [0.15, 0.2) is 66.7 Å². The van der Waals surface area contributed by atoms with E-state index in [1.165, 1.54) is 58.7 Å². The first kappa shape index (κ1) is 20.0. The Bertz CT molecular complexity index is 1530. The molecule has 0 unspecified atom stereocenters. The highest BCUT2D eigenvalue weighted by Gasteiger charge is 2.36. The van der Waals surface area contributed by atoms with Crippen molar-refractivity contribution in [1.82, 2.24) is 0 Å². The van der Waals surface area contributed by atoms with Gasteiger partial charge in [-0.15, -0.1) is 11.3 Å². The molecule has 1 aliphatic carbocycles. The van der Waals surface area contributed by atoms with Crippen molar-refractivity contribution in [1.29, 1.82) is 0 Å². The Kier molecular flexibility index (Phi) is 4.17. The molecule has 0 atom stereocenters. The summed E-state index contributed by atoms with van der Waals surface area (Å²) < 4.78 is 8.87. The molecule has 158 valence electrons. The van der Waals surface area contributed by atoms with Gasteiger partial charge in [-0.1, -0.05) is 60.7 Å². The third kappa shape index (κ3) is 2.73. The van der Waals surface area contributed by atoms with Gasteiger partial charge in [-0.3, -0.25) is 0 Å². The van der Waals surface area contributed by atoms with Gasteiger partial charge in [-0.25, -0.2) is 0 Å². The third-order valence-electron chi connectivity index (χ3n) is 7.28. The van der Waals surface area contributed by atoms with E-state index in [4.69, 9.17) is 4.65 Å². The maximum Gasteiger partial charge on any atom is 0.310 e. The van der Waals surface area contributed by atoms with Crippen LogP contribution in [0.1, 0.15) is 27.7 Å². The Labute approximate surface area is 192 Å². The second-order valence-corrected chi connectivity index (χ2v) is 10.9. The molecule has 1 N–H and O–H groups in total. The summed E-state index contributed by atoms with van der Waals surface area (Å²) in [6.45, 7) is 7.50. The monoisotopic (exact) mass is 436 g/mol. The van der Waals surface area contributed by atoms with E-state index in [1.54, 1.807) is 13.8 Å². The first-order valence-corrected chi connectivity index (χ1v) is 11.9. The van der Waals surface area contributed by atoms with Crippen LogP contribution in [0, 0.1) is 0 Å². The van der Waals surface area contributed by atoms with Crippen molar-refractivity contribution >= 4 is 55.2 Å². The highest BCUT2D eigenvalue weighted by atomic mass is 32.1. The summed E-state index contributed by atoms with van der Waals surface area (Å²) in [5.41, 5.74) is 4.95. The van der Waals surface area contributed by atoms with Crippen LogP contribution >= 0.6 is 11.3 Å². The number of hydrogen-bond acceptors (Lipinski definition) is 3. The molecular formula is C28H25BO2S. The van der Waals surface area contributed by atoms with E-state index in [-0.39, 0.29) is 0 Å². The van der Waals surface area contributed by atoms with E-state index in [9.17, 15) is 5.11 Å². The van der Waals surface area contributed by atoms with Crippen molar-refractivity contribution in [3.8, 4) is 22.3 Å². The quantitative estimate of drug-likeness (QED) is 0.324. The Morgan fingerprint density at radius 2 is 1.50 bits per heavy atom. The Morgan fingerprint density at radius 3 is 2.25 bits per heavy atom. The summed E-state index contributed by atoms with van der Waals surface area (Å²) >= 11 is 1.87. The number of hydrogen-bond donors (Lipinski definition) is 1. The zero-order valence-electron chi connectivity index (χ0n) is 18.8. The molecule has 32 heavy (non-hydrogen) atoms. The molecule has 1 aliphatic rings. The van der Waals surface area contributed by atoms with Gasteiger partial charge in [-0.05, 0) is 72.1 Å². The third-order valence-corrected chi connectivity index (χ3v) is 8.47. The zero-order valence-corrected chi connectivity index (χ0v) is 19.6. The Balaban J connectivity index is 1.56. The molecule has 4 heteroatoms. The number of benzene rings is 4. The summed E-state index contributed by atoms with van der Waals surface area (Å²) in [5, 5.41) is 15.7. The summed E-state index contributed by atoms with van der Waals surface area (Å²) in [6.07, 6.45) is 0. The first-order chi connectivity index (χ1) is 15.3. The molecule has 1 heterocycles. The predicted molar refractivity (Wildman–Crippen MR) is 140 cm³/mol. The lowest BCUT2D eigenvalue weighted by atomic mass is 9.80. The van der Waals surface area contributed by atoms with Crippen molar-refractivity contribution in [3.63, 3.8) is 0 Å². The van der Waals surface area contributed by atoms with Gasteiger partial charge in [0.15, 0.2) is 0 Å². The van der Waals surface area contributed by atoms with Crippen LogP contribution in [-0.2, 0) is 4.65 Å². The minimum absolute atomic E-state index is 0.465. The minimum atomic E-state index is -0.928. The van der Waals surface area contributed by atoms with Crippen molar-refractivity contribution in [3.05, 3.63) is 66.7 Å². The summed E-state index contributed by atoms with van der Waals surface area (Å²) in [4.78, 5) is 0. The molecule has 4 aromatic carbocycles. The zero-order chi connectivity index (χ0) is 22.3. The van der Waals surface area contributed by atoms with E-state index in [2.05, 4.69) is 66.7 Å². The van der Waals surface area contributed by atoms with E-state index in [0.29, 0.717) is 7.48 Å². The lowest BCUT2D eigenvalue weighted by Gasteiger charge is -2.37. The fourth-order valence-corrected chi connectivity index (χ4v) is 6.10. The van der Waals surface area contributed by atoms with Crippen LogP contribution in [0.2, 0.25) is 0 Å². The van der Waals surface area contributed by atoms with Gasteiger partial charge in [0.2, 0.25) is 0 Å². The van der Waals surface area contributed by atoms with Gasteiger partial charge in [0, 0.05) is 20.3 Å². The first-order valence-electron chi connectivity index (χ1n) is 11.1. The lowest BCUT2D eigenvalue weighted by molar-refractivity contribution is -0.0893. The number of rotatable bonds is 4. The topological polar surface area (TPSA) is 29.5 Å². The maximum atomic E-state index is 10.5. The van der Waals surface area contributed by atoms with Crippen molar-refractivity contribution in [2.24, 2.45) is 0 Å². The molecule has 0 amide bonds. The Hall–Kier alpha value is -2.66. The maximum absolute atomic E-state index is 10.5. The van der Waals surface area contributed by atoms with Gasteiger partial charge in [0.1, 0.15) is 0 Å². The highest BCUT2D eigenvalue weighted by Crippen LogP contribution is 2.52. The predicted octanol–water partition coefficient (Wildman–Crippen LogP) is 6.40. The average molecular weight is 436 g/mol. The standard InChI is InChI=1S/C28H25BO2S/c1-27(2,30)28(3,4)31-29-21-12-7-13-22-25(21)20-15-14-18-17-10-5-8-16-9-6-11-19(23(16)17)24(18)26(20)32-22/h5-15,29-30H,1-4H3. The van der Waals surface area contributed by atoms with E-state index in [0.717, 1.165) is 0 Å². The fraction of sp³-hybridized carbons (Fsp3) is 0.214. The van der Waals surface area contributed by atoms with Gasteiger partial charge < -0.3 is 9.76 Å². The lowest BCUT2D eigenvalue weighted by Crippen LogP contribution is -2.49. The van der Waals surface area contributed by atoms with Crippen LogP contribution < -0.4 is 5.46 Å². The molecule has 6 rings (SSSR count). The van der Waals surface area contributed by atoms with Crippen molar-refractivity contribution in [2.75, 3.05) is 0 Å². The van der Waals surface area contributed by atoms with E-state index >= 15 is 0 Å². The second-order valence-electron chi connectivity index (χ2n) is 9.82. The molecule has 1 aromatic heterocycles. The minimum Gasteiger partial charge on any atom is -0.427 e. The molecule has 0 spiro atoms. The van der Waals surface area contributed by atoms with Crippen LogP contribution in [0.25, 0.3) is 53.2 Å². The van der Waals surface area contributed by atoms with E-state index < -0.39 is 11.2 Å².